The van der Waals surface area contributed by atoms with Gasteiger partial charge in [-0.1, -0.05) is 11.3 Å². The lowest BCUT2D eigenvalue weighted by Crippen LogP contribution is -1.68. The zero-order valence-electron chi connectivity index (χ0n) is 4.18. The van der Waals surface area contributed by atoms with Gasteiger partial charge in [-0.25, -0.2) is 4.98 Å². The normalized spacial score (nSPS) is 9.75. The summed E-state index contributed by atoms with van der Waals surface area (Å²) < 4.78 is 0.887. The van der Waals surface area contributed by atoms with Crippen molar-refractivity contribution in [3.05, 3.63) is 8.71 Å². The number of halogens is 1. The van der Waals surface area contributed by atoms with E-state index < -0.39 is 0 Å². The second-order valence-corrected chi connectivity index (χ2v) is 4.09. The van der Waals surface area contributed by atoms with Gasteiger partial charge in [0.05, 0.1) is 5.69 Å². The van der Waals surface area contributed by atoms with E-state index in [-0.39, 0.29) is 0 Å². The molecule has 1 aromatic heterocycles. The van der Waals surface area contributed by atoms with Gasteiger partial charge in [-0.05, 0) is 29.5 Å². The van der Waals surface area contributed by atoms with Crippen LogP contribution in [-0.4, -0.2) is 10.1 Å². The molecule has 1 rings (SSSR count). The van der Waals surface area contributed by atoms with Gasteiger partial charge in [0.2, 0.25) is 0 Å². The van der Waals surface area contributed by atoms with E-state index in [9.17, 15) is 0 Å². The molecule has 1 aromatic rings. The molecule has 0 amide bonds. The van der Waals surface area contributed by atoms with Crippen LogP contribution in [0.1, 0.15) is 5.69 Å². The van der Waals surface area contributed by atoms with Crippen molar-refractivity contribution in [2.45, 2.75) is 6.92 Å². The molecule has 0 aliphatic rings. The van der Waals surface area contributed by atoms with Gasteiger partial charge in [-0.3, -0.25) is 0 Å². The second-order valence-electron chi connectivity index (χ2n) is 1.36. The highest BCUT2D eigenvalue weighted by Gasteiger charge is 2.00. The van der Waals surface area contributed by atoms with Crippen molar-refractivity contribution < 1.29 is 5.11 Å². The van der Waals surface area contributed by atoms with Crippen LogP contribution < -0.4 is 0 Å². The van der Waals surface area contributed by atoms with Crippen LogP contribution in [0, 0.1) is 9.94 Å². The summed E-state index contributed by atoms with van der Waals surface area (Å²) in [6, 6.07) is 0. The molecule has 0 fully saturated rings. The highest BCUT2D eigenvalue weighted by Crippen LogP contribution is 2.25. The van der Waals surface area contributed by atoms with Crippen LogP contribution in [0.25, 0.3) is 0 Å². The van der Waals surface area contributed by atoms with Gasteiger partial charge in [-0.15, -0.1) is 0 Å². The third kappa shape index (κ3) is 1.11. The summed E-state index contributed by atoms with van der Waals surface area (Å²) >= 11 is 3.37. The Kier molecular flexibility index (Phi) is 1.71. The van der Waals surface area contributed by atoms with E-state index in [1.54, 1.807) is 6.92 Å². The van der Waals surface area contributed by atoms with Crippen LogP contribution in [0.4, 0.5) is 0 Å². The topological polar surface area (TPSA) is 33.1 Å². The first-order valence-electron chi connectivity index (χ1n) is 2.02. The van der Waals surface area contributed by atoms with Crippen molar-refractivity contribution in [1.29, 1.82) is 0 Å². The van der Waals surface area contributed by atoms with Gasteiger partial charge < -0.3 is 5.11 Å². The molecular weight excluding hydrogens is 237 g/mol. The smallest absolute Gasteiger partial charge is 0.195 e. The van der Waals surface area contributed by atoms with Gasteiger partial charge in [0.15, 0.2) is 8.08 Å². The van der Waals surface area contributed by atoms with Gasteiger partial charge in [0, 0.05) is 0 Å². The van der Waals surface area contributed by atoms with Crippen LogP contribution in [0.15, 0.2) is 0 Å². The minimum Gasteiger partial charge on any atom is -0.498 e. The number of rotatable bonds is 0. The predicted octanol–water partition coefficient (Wildman–Crippen LogP) is 1.76. The number of thiazole rings is 1. The molecule has 4 heteroatoms. The lowest BCUT2D eigenvalue weighted by atomic mass is 10.6. The molecule has 2 nitrogen and oxygen atoms in total. The summed E-state index contributed by atoms with van der Waals surface area (Å²) in [5, 5.41) is 9.22. The average molecular weight is 241 g/mol. The highest BCUT2D eigenvalue weighted by atomic mass is 127. The van der Waals surface area contributed by atoms with Crippen LogP contribution in [-0.2, 0) is 0 Å². The van der Waals surface area contributed by atoms with E-state index in [4.69, 9.17) is 5.11 Å². The molecule has 44 valence electrons. The molecule has 1 N–H and O–H groups in total. The third-order valence-corrected chi connectivity index (χ3v) is 2.40. The Hall–Kier alpha value is 0.160. The summed E-state index contributed by atoms with van der Waals surface area (Å²) in [4.78, 5) is 3.97. The van der Waals surface area contributed by atoms with Gasteiger partial charge in [0.1, 0.15) is 0 Å². The van der Waals surface area contributed by atoms with Crippen molar-refractivity contribution in [3.63, 3.8) is 0 Å². The zero-order valence-corrected chi connectivity index (χ0v) is 7.15. The fourth-order valence-corrected chi connectivity index (χ4v) is 1.88. The molecule has 0 aromatic carbocycles. The Labute approximate surface area is 64.7 Å². The molecule has 0 aliphatic heterocycles. The van der Waals surface area contributed by atoms with Crippen LogP contribution in [0.5, 0.6) is 5.06 Å². The molecule has 8 heavy (non-hydrogen) atoms. The summed E-state index contributed by atoms with van der Waals surface area (Å²) in [5.74, 6) is 0. The molecule has 0 aliphatic carbocycles. The van der Waals surface area contributed by atoms with Crippen molar-refractivity contribution in [2.24, 2.45) is 0 Å². The lowest BCUT2D eigenvalue weighted by Gasteiger charge is -1.77. The van der Waals surface area contributed by atoms with Crippen molar-refractivity contribution in [3.8, 4) is 5.06 Å². The number of hydrogen-bond acceptors (Lipinski definition) is 3. The van der Waals surface area contributed by atoms with E-state index in [2.05, 4.69) is 27.6 Å². The van der Waals surface area contributed by atoms with Crippen molar-refractivity contribution >= 4 is 33.9 Å². The molecule has 0 unspecified atom stereocenters. The molecular formula is C4H4INOS. The Morgan fingerprint density at radius 3 is 2.50 bits per heavy atom. The molecule has 0 atom stereocenters. The zero-order chi connectivity index (χ0) is 6.15. The maximum Gasteiger partial charge on any atom is 0.195 e. The molecule has 1 heterocycles. The largest absolute Gasteiger partial charge is 0.498 e. The first kappa shape index (κ1) is 6.28. The summed E-state index contributed by atoms with van der Waals surface area (Å²) in [5.41, 5.74) is 0.722. The van der Waals surface area contributed by atoms with E-state index in [0.29, 0.717) is 5.06 Å². The monoisotopic (exact) mass is 241 g/mol. The molecule has 0 bridgehead atoms. The fraction of sp³-hybridized carbons (Fsp3) is 0.250. The van der Waals surface area contributed by atoms with E-state index in [1.807, 2.05) is 0 Å². The average Bonchev–Trinajstić information content (AvgIpc) is 1.85. The predicted molar refractivity (Wildman–Crippen MR) is 41.2 cm³/mol. The van der Waals surface area contributed by atoms with E-state index >= 15 is 0 Å². The van der Waals surface area contributed by atoms with E-state index in [1.165, 1.54) is 11.3 Å². The Morgan fingerprint density at radius 1 is 1.75 bits per heavy atom. The maximum absolute atomic E-state index is 8.89. The highest BCUT2D eigenvalue weighted by molar-refractivity contribution is 14.1. The van der Waals surface area contributed by atoms with Crippen molar-refractivity contribution in [1.82, 2.24) is 4.98 Å². The maximum atomic E-state index is 8.89. The van der Waals surface area contributed by atoms with E-state index in [0.717, 1.165) is 8.71 Å². The number of aryl methyl sites for hydroxylation is 1. The SMILES string of the molecule is Cc1nc(I)sc1O. The number of nitrogens with zero attached hydrogens (tertiary/aromatic N) is 1. The summed E-state index contributed by atoms with van der Waals surface area (Å²) in [6.45, 7) is 1.79. The Balaban J connectivity index is 3.14. The second kappa shape index (κ2) is 2.18. The van der Waals surface area contributed by atoms with Gasteiger partial charge >= 0.3 is 0 Å². The lowest BCUT2D eigenvalue weighted by molar-refractivity contribution is 0.485. The van der Waals surface area contributed by atoms with Crippen LogP contribution in [0.3, 0.4) is 0 Å². The Morgan fingerprint density at radius 2 is 2.38 bits per heavy atom. The quantitative estimate of drug-likeness (QED) is 0.702. The van der Waals surface area contributed by atoms with Crippen LogP contribution >= 0.6 is 33.9 Å². The van der Waals surface area contributed by atoms with Gasteiger partial charge in [-0.2, -0.15) is 0 Å². The number of aromatic nitrogens is 1. The number of aromatic hydroxyl groups is 1. The fourth-order valence-electron chi connectivity index (χ4n) is 0.356. The molecule has 0 saturated heterocycles. The first-order valence-corrected chi connectivity index (χ1v) is 3.91. The molecule has 0 radical (unpaired) electrons. The summed E-state index contributed by atoms with van der Waals surface area (Å²) in [7, 11) is 0. The van der Waals surface area contributed by atoms with Gasteiger partial charge in [0.25, 0.3) is 0 Å². The van der Waals surface area contributed by atoms with Crippen molar-refractivity contribution in [2.75, 3.05) is 0 Å². The third-order valence-electron chi connectivity index (χ3n) is 0.746. The first-order chi connectivity index (χ1) is 3.70. The van der Waals surface area contributed by atoms with Crippen LogP contribution in [0.2, 0.25) is 0 Å². The molecule has 0 saturated carbocycles. The minimum atomic E-state index is 0.328. The standard InChI is InChI=1S/C4H4INOS/c1-2-3(7)8-4(5)6-2/h7H,1H3. The Bertz CT molecular complexity index is 178. The molecule has 0 spiro atoms. The number of hydrogen-bond donors (Lipinski definition) is 1. The summed E-state index contributed by atoms with van der Waals surface area (Å²) in [6.07, 6.45) is 0. The minimum absolute atomic E-state index is 0.328.